The number of imide groups is 1. The first kappa shape index (κ1) is 30.9. The molecule has 2 aliphatic rings. The molecule has 0 bridgehead atoms. The van der Waals surface area contributed by atoms with Gasteiger partial charge >= 0.3 is 16.1 Å². The van der Waals surface area contributed by atoms with E-state index >= 15 is 0 Å². The zero-order chi connectivity index (χ0) is 29.7. The van der Waals surface area contributed by atoms with Gasteiger partial charge in [-0.1, -0.05) is 32.9 Å². The Bertz CT molecular complexity index is 1320. The van der Waals surface area contributed by atoms with Crippen molar-refractivity contribution in [2.45, 2.75) is 64.2 Å². The summed E-state index contributed by atoms with van der Waals surface area (Å²) in [7, 11) is -5.34. The van der Waals surface area contributed by atoms with Gasteiger partial charge in [0.1, 0.15) is 11.1 Å². The Balaban J connectivity index is 2.07. The van der Waals surface area contributed by atoms with E-state index in [4.69, 9.17) is 13.3 Å². The average Bonchev–Trinajstić information content (AvgIpc) is 3.04. The Hall–Kier alpha value is -2.68. The minimum absolute atomic E-state index is 0.171. The van der Waals surface area contributed by atoms with Crippen molar-refractivity contribution < 1.29 is 40.9 Å². The molecule has 0 aliphatic carbocycles. The highest BCUT2D eigenvalue weighted by Crippen LogP contribution is 2.47. The van der Waals surface area contributed by atoms with Crippen LogP contribution < -0.4 is 0 Å². The Morgan fingerprint density at radius 1 is 1.08 bits per heavy atom. The second-order valence-corrected chi connectivity index (χ2v) is 18.3. The molecule has 3 rings (SSSR count). The van der Waals surface area contributed by atoms with Gasteiger partial charge in [-0.25, -0.2) is 9.10 Å². The number of carbonyl (C=O) groups is 4. The van der Waals surface area contributed by atoms with Gasteiger partial charge in [-0.3, -0.25) is 19.3 Å². The smallest absolute Gasteiger partial charge is 0.358 e. The first-order valence-corrected chi connectivity index (χ1v) is 17.7. The summed E-state index contributed by atoms with van der Waals surface area (Å²) in [6.07, 6.45) is 0.143. The second-order valence-electron chi connectivity index (χ2n) is 10.9. The molecule has 0 aromatic heterocycles. The maximum atomic E-state index is 13.6. The lowest BCUT2D eigenvalue weighted by Gasteiger charge is -2.51. The molecular formula is C25H34N2O9S2Si. The number of amides is 3. The predicted octanol–water partition coefficient (Wildman–Crippen LogP) is 3.51. The number of benzene rings is 1. The average molecular weight is 599 g/mol. The molecule has 0 spiro atoms. The van der Waals surface area contributed by atoms with Gasteiger partial charge in [0.25, 0.3) is 11.8 Å². The summed E-state index contributed by atoms with van der Waals surface area (Å²) in [5, 5.41) is -1.16. The highest BCUT2D eigenvalue weighted by atomic mass is 32.2. The maximum Gasteiger partial charge on any atom is 0.358 e. The van der Waals surface area contributed by atoms with Crippen LogP contribution in [0, 0.1) is 5.92 Å². The molecule has 0 N–H and O–H groups in total. The number of ether oxygens (including phenoxy) is 1. The van der Waals surface area contributed by atoms with E-state index in [1.807, 2.05) is 13.1 Å². The van der Waals surface area contributed by atoms with Gasteiger partial charge < -0.3 is 13.3 Å². The van der Waals surface area contributed by atoms with E-state index in [1.165, 1.54) is 19.1 Å². The van der Waals surface area contributed by atoms with Crippen LogP contribution in [0.1, 0.15) is 55.3 Å². The van der Waals surface area contributed by atoms with Gasteiger partial charge in [0.05, 0.1) is 36.5 Å². The normalized spacial score (nSPS) is 21.3. The van der Waals surface area contributed by atoms with Crippen LogP contribution in [0.4, 0.5) is 0 Å². The van der Waals surface area contributed by atoms with Crippen LogP contribution >= 0.6 is 11.9 Å². The third-order valence-corrected chi connectivity index (χ3v) is 13.5. The van der Waals surface area contributed by atoms with Crippen LogP contribution in [0.15, 0.2) is 35.7 Å². The summed E-state index contributed by atoms with van der Waals surface area (Å²) < 4.78 is 40.9. The fraction of sp³-hybridized carbons (Fsp3) is 0.520. The number of likely N-dealkylation sites (tertiary alicyclic amines) is 1. The quantitative estimate of drug-likeness (QED) is 0.0607. The van der Waals surface area contributed by atoms with Crippen molar-refractivity contribution in [2.24, 2.45) is 5.92 Å². The highest BCUT2D eigenvalue weighted by Gasteiger charge is 2.58. The van der Waals surface area contributed by atoms with Crippen LogP contribution in [0.3, 0.4) is 0 Å². The third-order valence-electron chi connectivity index (χ3n) is 7.08. The largest absolute Gasteiger partial charge is 0.464 e. The van der Waals surface area contributed by atoms with Crippen molar-refractivity contribution in [1.29, 1.82) is 0 Å². The number of nitrogens with zero attached hydrogens (tertiary/aromatic N) is 2. The van der Waals surface area contributed by atoms with Crippen LogP contribution in [-0.4, -0.2) is 74.5 Å². The minimum Gasteiger partial charge on any atom is -0.464 e. The summed E-state index contributed by atoms with van der Waals surface area (Å²) in [6.45, 7) is 13.2. The van der Waals surface area contributed by atoms with Crippen molar-refractivity contribution >= 4 is 54.1 Å². The highest BCUT2D eigenvalue weighted by molar-refractivity contribution is 7.98. The van der Waals surface area contributed by atoms with E-state index in [1.54, 1.807) is 19.1 Å². The Labute approximate surface area is 234 Å². The summed E-state index contributed by atoms with van der Waals surface area (Å²) >= 11 is 0.768. The number of β-lactam (4-membered cyclic amide) rings is 1. The molecule has 1 aromatic carbocycles. The number of hydrogen-bond donors (Lipinski definition) is 0. The first-order chi connectivity index (χ1) is 17.8. The third kappa shape index (κ3) is 5.93. The van der Waals surface area contributed by atoms with Crippen LogP contribution in [0.2, 0.25) is 18.1 Å². The summed E-state index contributed by atoms with van der Waals surface area (Å²) in [5.74, 6) is -3.98. The van der Waals surface area contributed by atoms with Gasteiger partial charge in [0.15, 0.2) is 14.0 Å². The van der Waals surface area contributed by atoms with Crippen molar-refractivity contribution in [3.63, 3.8) is 0 Å². The van der Waals surface area contributed by atoms with E-state index < -0.39 is 65.2 Å². The van der Waals surface area contributed by atoms with Gasteiger partial charge in [0.2, 0.25) is 5.91 Å². The number of carbonyl (C=O) groups excluding carboxylic acids is 4. The summed E-state index contributed by atoms with van der Waals surface area (Å²) in [6, 6.07) is 6.34. The molecule has 2 aliphatic heterocycles. The molecule has 0 saturated carbocycles. The fourth-order valence-corrected chi connectivity index (χ4v) is 7.47. The van der Waals surface area contributed by atoms with E-state index in [2.05, 4.69) is 20.8 Å². The molecule has 0 radical (unpaired) electrons. The van der Waals surface area contributed by atoms with E-state index in [0.717, 1.165) is 34.5 Å². The lowest BCUT2D eigenvalue weighted by molar-refractivity contribution is -0.158. The second kappa shape index (κ2) is 10.7. The lowest BCUT2D eigenvalue weighted by atomic mass is 9.92. The zero-order valence-corrected chi connectivity index (χ0v) is 26.1. The van der Waals surface area contributed by atoms with Gasteiger partial charge in [-0.05, 0) is 56.1 Å². The molecule has 2 heterocycles. The Morgan fingerprint density at radius 3 is 2.03 bits per heavy atom. The molecular weight excluding hydrogens is 565 g/mol. The topological polar surface area (TPSA) is 137 Å². The molecule has 1 fully saturated rings. The van der Waals surface area contributed by atoms with Crippen molar-refractivity contribution in [2.75, 3.05) is 13.4 Å². The van der Waals surface area contributed by atoms with E-state index in [0.29, 0.717) is 0 Å². The number of rotatable bonds is 9. The molecule has 0 unspecified atom stereocenters. The Morgan fingerprint density at radius 2 is 1.59 bits per heavy atom. The van der Waals surface area contributed by atoms with E-state index in [-0.39, 0.29) is 21.9 Å². The molecule has 14 heteroatoms. The van der Waals surface area contributed by atoms with Crippen molar-refractivity contribution in [3.05, 3.63) is 46.8 Å². The lowest BCUT2D eigenvalue weighted by Crippen LogP contribution is -2.65. The van der Waals surface area contributed by atoms with Gasteiger partial charge in [-0.2, -0.15) is 8.42 Å². The van der Waals surface area contributed by atoms with E-state index in [9.17, 15) is 27.6 Å². The number of methoxy groups -OCH3 is 1. The summed E-state index contributed by atoms with van der Waals surface area (Å²) in [4.78, 5) is 53.8. The van der Waals surface area contributed by atoms with Crippen LogP contribution in [0.5, 0.6) is 0 Å². The standard InChI is InChI=1S/C25H34N2O9S2Si/c1-14(36-39(8,9)25(3,4)5)18-22(30)26(19(24(31)34-6)15(2)35-38(7,32)33)23(18)37-27-20(28)16-12-10-11-13-17(16)21(27)29/h10-14,18,23H,1-9H3/t14-,18+,23-/m1/s1. The molecule has 214 valence electrons. The molecule has 1 saturated heterocycles. The van der Waals surface area contributed by atoms with Crippen molar-refractivity contribution in [1.82, 2.24) is 9.21 Å². The maximum absolute atomic E-state index is 13.6. The molecule has 3 amide bonds. The van der Waals surface area contributed by atoms with Crippen LogP contribution in [-0.2, 0) is 33.1 Å². The number of esters is 1. The van der Waals surface area contributed by atoms with Crippen LogP contribution in [0.25, 0.3) is 0 Å². The number of fused-ring (bicyclic) bond motifs is 1. The predicted molar refractivity (Wildman–Crippen MR) is 147 cm³/mol. The first-order valence-electron chi connectivity index (χ1n) is 12.2. The monoisotopic (exact) mass is 598 g/mol. The molecule has 11 nitrogen and oxygen atoms in total. The molecule has 39 heavy (non-hydrogen) atoms. The van der Waals surface area contributed by atoms with Gasteiger partial charge in [0, 0.05) is 0 Å². The fourth-order valence-electron chi connectivity index (χ4n) is 4.13. The Kier molecular flexibility index (Phi) is 8.47. The number of hydrogen-bond acceptors (Lipinski definition) is 10. The molecule has 1 aromatic rings. The van der Waals surface area contributed by atoms with Crippen molar-refractivity contribution in [3.8, 4) is 0 Å². The van der Waals surface area contributed by atoms with Gasteiger partial charge in [-0.15, -0.1) is 0 Å². The summed E-state index contributed by atoms with van der Waals surface area (Å²) in [5.41, 5.74) is -0.0119. The zero-order valence-electron chi connectivity index (χ0n) is 23.4. The minimum atomic E-state index is -4.06. The number of allylic oxidation sites excluding steroid dienone is 1. The SMILES string of the molecule is COC(=O)C(=C(C)OS(C)(=O)=O)N1C(=O)[C@H]([C@@H](C)O[Si](C)(C)C(C)(C)C)[C@H]1SN1C(=O)c2ccccc2C1=O. The molecule has 3 atom stereocenters.